The zero-order chi connectivity index (χ0) is 28.0. The molecule has 7 nitrogen and oxygen atoms in total. The van der Waals surface area contributed by atoms with Gasteiger partial charge in [-0.25, -0.2) is 9.37 Å². The van der Waals surface area contributed by atoms with Crippen molar-refractivity contribution in [2.75, 3.05) is 0 Å². The van der Waals surface area contributed by atoms with Gasteiger partial charge in [-0.2, -0.15) is 0 Å². The van der Waals surface area contributed by atoms with Crippen molar-refractivity contribution in [3.8, 4) is 11.4 Å². The minimum absolute atomic E-state index is 0.0552. The van der Waals surface area contributed by atoms with E-state index < -0.39 is 11.4 Å². The molecule has 2 aromatic heterocycles. The van der Waals surface area contributed by atoms with E-state index in [4.69, 9.17) is 16.6 Å². The molecule has 0 fully saturated rings. The summed E-state index contributed by atoms with van der Waals surface area (Å²) in [4.78, 5) is 44.3. The molecule has 1 aromatic carbocycles. The summed E-state index contributed by atoms with van der Waals surface area (Å²) in [5.41, 5.74) is 2.21. The third kappa shape index (κ3) is 3.86. The van der Waals surface area contributed by atoms with Gasteiger partial charge >= 0.3 is 0 Å². The average Bonchev–Trinajstić information content (AvgIpc) is 3.23. The van der Waals surface area contributed by atoms with Crippen molar-refractivity contribution in [3.05, 3.63) is 61.1 Å². The summed E-state index contributed by atoms with van der Waals surface area (Å²) in [5.74, 6) is -0.957. The van der Waals surface area contributed by atoms with Crippen molar-refractivity contribution in [2.24, 2.45) is 5.41 Å². The Balaban J connectivity index is 1.60. The highest BCUT2D eigenvalue weighted by Gasteiger charge is 2.44. The second-order valence-corrected chi connectivity index (χ2v) is 12.6. The lowest BCUT2D eigenvalue weighted by atomic mass is 9.77. The van der Waals surface area contributed by atoms with Crippen LogP contribution in [0.5, 0.6) is 0 Å². The number of hydrogen-bond acceptors (Lipinski definition) is 5. The third-order valence-corrected chi connectivity index (χ3v) is 8.85. The fourth-order valence-electron chi connectivity index (χ4n) is 6.61. The first-order valence-corrected chi connectivity index (χ1v) is 13.9. The van der Waals surface area contributed by atoms with Crippen LogP contribution in [0.25, 0.3) is 22.3 Å². The minimum atomic E-state index is -1.73. The van der Waals surface area contributed by atoms with Gasteiger partial charge in [-0.3, -0.25) is 14.4 Å². The van der Waals surface area contributed by atoms with Crippen molar-refractivity contribution >= 4 is 34.2 Å². The lowest BCUT2D eigenvalue weighted by Gasteiger charge is -2.32. The van der Waals surface area contributed by atoms with Crippen molar-refractivity contribution in [1.82, 2.24) is 14.9 Å². The topological polar surface area (TPSA) is 101 Å². The third-order valence-electron chi connectivity index (χ3n) is 8.45. The highest BCUT2D eigenvalue weighted by atomic mass is 35.5. The average molecular weight is 552 g/mol. The van der Waals surface area contributed by atoms with E-state index in [2.05, 4.69) is 5.32 Å². The van der Waals surface area contributed by atoms with Crippen LogP contribution in [-0.4, -0.2) is 26.3 Å². The number of ketones is 1. The van der Waals surface area contributed by atoms with Crippen LogP contribution in [0.1, 0.15) is 87.2 Å². The number of carbonyl (C=O) groups is 2. The number of Topliss-reactive ketones (excluding diaryl/α,β-unsaturated/α-hetero) is 1. The predicted octanol–water partition coefficient (Wildman–Crippen LogP) is 4.87. The molecule has 0 radical (unpaired) electrons. The minimum Gasteiger partial charge on any atom is -0.377 e. The number of hydrogen-bond donors (Lipinski definition) is 2. The molecule has 0 saturated carbocycles. The summed E-state index contributed by atoms with van der Waals surface area (Å²) in [6.07, 6.45) is 1.88. The Labute approximate surface area is 230 Å². The first-order chi connectivity index (χ1) is 18.3. The molecular formula is C30H31ClFN3O4. The molecule has 3 heterocycles. The van der Waals surface area contributed by atoms with E-state index in [1.807, 2.05) is 20.8 Å². The maximum absolute atomic E-state index is 14.9. The summed E-state index contributed by atoms with van der Waals surface area (Å²) in [5, 5.41) is 15.3. The lowest BCUT2D eigenvalue weighted by molar-refractivity contribution is -0.140. The smallest absolute Gasteiger partial charge is 0.254 e. The number of aromatic nitrogens is 2. The molecule has 9 heteroatoms. The quantitative estimate of drug-likeness (QED) is 0.378. The zero-order valence-electron chi connectivity index (χ0n) is 22.5. The van der Waals surface area contributed by atoms with E-state index in [-0.39, 0.29) is 59.5 Å². The second kappa shape index (κ2) is 8.70. The van der Waals surface area contributed by atoms with Crippen LogP contribution < -0.4 is 10.9 Å². The van der Waals surface area contributed by atoms with Gasteiger partial charge in [0.1, 0.15) is 11.4 Å². The van der Waals surface area contributed by atoms with Crippen LogP contribution >= 0.6 is 11.6 Å². The number of nitrogens with zero attached hydrogens (tertiary/aromatic N) is 2. The number of carbonyl (C=O) groups excluding carboxylic acids is 2. The fraction of sp³-hybridized carbons (Fsp3) is 0.467. The van der Waals surface area contributed by atoms with Crippen LogP contribution in [0.2, 0.25) is 5.02 Å². The standard InChI is InChI=1S/C30H31ClFN3O4/c1-5-30(39)17-10-21-27-16(13-35(21)28(38)14(17)7-9-22(30)36)25-19(33-23(37)12-29(2,3)4)8-6-15-24(25)20(34-27)11-18(32)26(15)31/h10-11,19,39H,5-9,12-13H2,1-4H3,(H,33,37)/t19-,30-/m0/s1. The second-order valence-electron chi connectivity index (χ2n) is 12.2. The summed E-state index contributed by atoms with van der Waals surface area (Å²) in [6, 6.07) is 2.65. The van der Waals surface area contributed by atoms with Gasteiger partial charge in [-0.05, 0) is 48.3 Å². The number of pyridine rings is 2. The van der Waals surface area contributed by atoms with Crippen molar-refractivity contribution in [1.29, 1.82) is 0 Å². The summed E-state index contributed by atoms with van der Waals surface area (Å²) >= 11 is 6.43. The number of amides is 1. The van der Waals surface area contributed by atoms with Gasteiger partial charge in [-0.15, -0.1) is 0 Å². The molecule has 6 rings (SSSR count). The molecule has 2 N–H and O–H groups in total. The van der Waals surface area contributed by atoms with Gasteiger partial charge in [0, 0.05) is 41.0 Å². The van der Waals surface area contributed by atoms with E-state index >= 15 is 0 Å². The Kier molecular flexibility index (Phi) is 5.83. The van der Waals surface area contributed by atoms with Gasteiger partial charge in [0.25, 0.3) is 5.56 Å². The molecule has 0 saturated heterocycles. The normalized spacial score (nSPS) is 21.5. The van der Waals surface area contributed by atoms with Gasteiger partial charge in [0.05, 0.1) is 34.5 Å². The van der Waals surface area contributed by atoms with E-state index in [0.29, 0.717) is 52.9 Å². The molecule has 1 amide bonds. The number of nitrogens with one attached hydrogen (secondary N) is 1. The molecule has 0 bridgehead atoms. The van der Waals surface area contributed by atoms with Crippen LogP contribution in [0.15, 0.2) is 16.9 Å². The van der Waals surface area contributed by atoms with Crippen LogP contribution in [-0.2, 0) is 34.6 Å². The first kappa shape index (κ1) is 26.1. The van der Waals surface area contributed by atoms with Crippen molar-refractivity contribution in [3.63, 3.8) is 0 Å². The maximum atomic E-state index is 14.9. The van der Waals surface area contributed by atoms with Crippen molar-refractivity contribution in [2.45, 2.75) is 84.4 Å². The van der Waals surface area contributed by atoms with Crippen LogP contribution in [0.3, 0.4) is 0 Å². The predicted molar refractivity (Wildman–Crippen MR) is 146 cm³/mol. The highest BCUT2D eigenvalue weighted by Crippen LogP contribution is 2.47. The number of benzene rings is 1. The molecule has 3 aliphatic rings. The molecule has 1 aliphatic heterocycles. The molecule has 204 valence electrons. The molecule has 0 spiro atoms. The van der Waals surface area contributed by atoms with E-state index in [1.165, 1.54) is 6.07 Å². The first-order valence-electron chi connectivity index (χ1n) is 13.5. The van der Waals surface area contributed by atoms with Gasteiger partial charge in [0.15, 0.2) is 5.78 Å². The van der Waals surface area contributed by atoms with Crippen LogP contribution in [0.4, 0.5) is 4.39 Å². The summed E-state index contributed by atoms with van der Waals surface area (Å²) in [6.45, 7) is 7.95. The number of fused-ring (bicyclic) bond motifs is 5. The molecule has 39 heavy (non-hydrogen) atoms. The van der Waals surface area contributed by atoms with Gasteiger partial charge < -0.3 is 15.0 Å². The largest absolute Gasteiger partial charge is 0.377 e. The Morgan fingerprint density at radius 1 is 1.21 bits per heavy atom. The van der Waals surface area contributed by atoms with E-state index in [0.717, 1.165) is 16.5 Å². The fourth-order valence-corrected chi connectivity index (χ4v) is 6.85. The van der Waals surface area contributed by atoms with Gasteiger partial charge in [0.2, 0.25) is 5.91 Å². The number of aliphatic hydroxyl groups is 1. The monoisotopic (exact) mass is 551 g/mol. The van der Waals surface area contributed by atoms with Crippen LogP contribution in [0, 0.1) is 11.2 Å². The summed E-state index contributed by atoms with van der Waals surface area (Å²) in [7, 11) is 0. The SMILES string of the molecule is CC[C@@]1(O)C(=O)CCc2c1cc1n(c2=O)Cc2c-1nc1cc(F)c(Cl)c3c1c2[C@@H](NC(=O)CC(C)(C)C)CC3. The summed E-state index contributed by atoms with van der Waals surface area (Å²) < 4.78 is 16.5. The molecule has 0 unspecified atom stereocenters. The Hall–Kier alpha value is -3.10. The molecular weight excluding hydrogens is 521 g/mol. The molecule has 3 aromatic rings. The molecule has 2 atom stereocenters. The number of rotatable bonds is 3. The number of halogens is 2. The van der Waals surface area contributed by atoms with E-state index in [9.17, 15) is 23.9 Å². The highest BCUT2D eigenvalue weighted by molar-refractivity contribution is 6.32. The lowest BCUT2D eigenvalue weighted by Crippen LogP contribution is -2.43. The Bertz CT molecular complexity index is 1670. The van der Waals surface area contributed by atoms with E-state index in [1.54, 1.807) is 17.6 Å². The number of aryl methyl sites for hydroxylation is 1. The Morgan fingerprint density at radius 3 is 2.64 bits per heavy atom. The zero-order valence-corrected chi connectivity index (χ0v) is 23.3. The van der Waals surface area contributed by atoms with Gasteiger partial charge in [-0.1, -0.05) is 39.3 Å². The van der Waals surface area contributed by atoms with Crippen molar-refractivity contribution < 1.29 is 19.1 Å². The molecule has 2 aliphatic carbocycles. The maximum Gasteiger partial charge on any atom is 0.254 e. The Morgan fingerprint density at radius 2 is 1.95 bits per heavy atom.